The molecule has 1 rings (SSSR count). The summed E-state index contributed by atoms with van der Waals surface area (Å²) in [6, 6.07) is 5.82. The lowest BCUT2D eigenvalue weighted by molar-refractivity contribution is -0.145. The Hall–Kier alpha value is -1.07. The maximum absolute atomic E-state index is 11.2. The second-order valence-electron chi connectivity index (χ2n) is 4.04. The molecule has 0 aliphatic rings. The first-order chi connectivity index (χ1) is 9.17. The first-order valence-corrected chi connectivity index (χ1v) is 7.24. The van der Waals surface area contributed by atoms with Crippen LogP contribution in [0.4, 0.5) is 0 Å². The van der Waals surface area contributed by atoms with Gasteiger partial charge < -0.3 is 14.8 Å². The molecule has 1 N–H and O–H groups in total. The number of benzene rings is 1. The summed E-state index contributed by atoms with van der Waals surface area (Å²) in [7, 11) is 0. The molecule has 1 aromatic carbocycles. The molecule has 4 nitrogen and oxygen atoms in total. The highest BCUT2D eigenvalue weighted by Crippen LogP contribution is 2.26. The Morgan fingerprint density at radius 2 is 2.16 bits per heavy atom. The molecule has 0 aliphatic carbocycles. The molecule has 0 bridgehead atoms. The largest absolute Gasteiger partial charge is 0.481 e. The minimum atomic E-state index is -0.358. The van der Waals surface area contributed by atoms with Crippen molar-refractivity contribution in [3.8, 4) is 5.75 Å². The minimum Gasteiger partial charge on any atom is -0.481 e. The third-order valence-electron chi connectivity index (χ3n) is 2.40. The van der Waals surface area contributed by atoms with Crippen LogP contribution in [0.3, 0.4) is 0 Å². The molecule has 106 valence electrons. The van der Waals surface area contributed by atoms with Gasteiger partial charge in [0.05, 0.1) is 11.1 Å². The molecule has 0 saturated carbocycles. The van der Waals surface area contributed by atoms with E-state index in [1.54, 1.807) is 6.92 Å². The predicted octanol–water partition coefficient (Wildman–Crippen LogP) is 2.89. The number of rotatable bonds is 8. The molecule has 0 aromatic heterocycles. The van der Waals surface area contributed by atoms with E-state index in [1.807, 2.05) is 18.2 Å². The van der Waals surface area contributed by atoms with Gasteiger partial charge in [0.1, 0.15) is 5.75 Å². The molecule has 0 fully saturated rings. The van der Waals surface area contributed by atoms with Gasteiger partial charge >= 0.3 is 5.97 Å². The fourth-order valence-corrected chi connectivity index (χ4v) is 2.06. The zero-order valence-electron chi connectivity index (χ0n) is 11.4. The number of hydrogen-bond acceptors (Lipinski definition) is 4. The van der Waals surface area contributed by atoms with E-state index in [0.717, 1.165) is 24.0 Å². The van der Waals surface area contributed by atoms with Crippen molar-refractivity contribution in [1.29, 1.82) is 0 Å². The second-order valence-corrected chi connectivity index (χ2v) is 4.89. The van der Waals surface area contributed by atoms with Crippen molar-refractivity contribution < 1.29 is 14.3 Å². The Labute approximate surface area is 122 Å². The Morgan fingerprint density at radius 1 is 1.37 bits per heavy atom. The van der Waals surface area contributed by atoms with Crippen LogP contribution in [0.1, 0.15) is 25.8 Å². The number of esters is 1. The van der Waals surface area contributed by atoms with Crippen LogP contribution in [-0.4, -0.2) is 25.7 Å². The van der Waals surface area contributed by atoms with E-state index in [2.05, 4.69) is 28.2 Å². The van der Waals surface area contributed by atoms with Crippen LogP contribution in [-0.2, 0) is 16.1 Å². The molecule has 5 heteroatoms. The molecule has 19 heavy (non-hydrogen) atoms. The quantitative estimate of drug-likeness (QED) is 0.588. The number of carbonyl (C=O) groups is 1. The first kappa shape index (κ1) is 16.0. The highest BCUT2D eigenvalue weighted by Gasteiger charge is 2.06. The lowest BCUT2D eigenvalue weighted by Crippen LogP contribution is -2.15. The van der Waals surface area contributed by atoms with Crippen molar-refractivity contribution in [3.05, 3.63) is 28.2 Å². The van der Waals surface area contributed by atoms with Gasteiger partial charge in [0.25, 0.3) is 0 Å². The van der Waals surface area contributed by atoms with Gasteiger partial charge in [-0.3, -0.25) is 0 Å². The van der Waals surface area contributed by atoms with Gasteiger partial charge in [-0.25, -0.2) is 4.79 Å². The summed E-state index contributed by atoms with van der Waals surface area (Å²) < 4.78 is 11.0. The molecule has 0 saturated heterocycles. The summed E-state index contributed by atoms with van der Waals surface area (Å²) in [5, 5.41) is 3.33. The first-order valence-electron chi connectivity index (χ1n) is 6.45. The second kappa shape index (κ2) is 8.93. The average molecular weight is 330 g/mol. The van der Waals surface area contributed by atoms with Gasteiger partial charge in [-0.05, 0) is 53.5 Å². The molecule has 0 radical (unpaired) electrons. The van der Waals surface area contributed by atoms with Gasteiger partial charge in [-0.2, -0.15) is 0 Å². The van der Waals surface area contributed by atoms with Crippen molar-refractivity contribution in [3.63, 3.8) is 0 Å². The Bertz CT molecular complexity index is 410. The highest BCUT2D eigenvalue weighted by molar-refractivity contribution is 9.10. The monoisotopic (exact) mass is 329 g/mol. The molecule has 0 aliphatic heterocycles. The standard InChI is InChI=1S/C14H20BrNO3/c1-3-7-16-9-11-5-6-13(12(15)8-11)19-10-14(17)18-4-2/h5-6,8,16H,3-4,7,9-10H2,1-2H3. The summed E-state index contributed by atoms with van der Waals surface area (Å²) >= 11 is 3.44. The van der Waals surface area contributed by atoms with Crippen LogP contribution >= 0.6 is 15.9 Å². The van der Waals surface area contributed by atoms with Crippen LogP contribution in [0.5, 0.6) is 5.75 Å². The number of halogens is 1. The zero-order valence-corrected chi connectivity index (χ0v) is 13.0. The lowest BCUT2D eigenvalue weighted by atomic mass is 10.2. The van der Waals surface area contributed by atoms with Crippen LogP contribution in [0.25, 0.3) is 0 Å². The van der Waals surface area contributed by atoms with Crippen LogP contribution in [0, 0.1) is 0 Å². The van der Waals surface area contributed by atoms with Crippen LogP contribution in [0.2, 0.25) is 0 Å². The maximum atomic E-state index is 11.2. The summed E-state index contributed by atoms with van der Waals surface area (Å²) in [6.07, 6.45) is 1.11. The summed E-state index contributed by atoms with van der Waals surface area (Å²) in [4.78, 5) is 11.2. The van der Waals surface area contributed by atoms with E-state index in [4.69, 9.17) is 9.47 Å². The molecular weight excluding hydrogens is 310 g/mol. The maximum Gasteiger partial charge on any atom is 0.344 e. The minimum absolute atomic E-state index is 0.0696. The Morgan fingerprint density at radius 3 is 2.79 bits per heavy atom. The van der Waals surface area contributed by atoms with Crippen molar-refractivity contribution in [1.82, 2.24) is 5.32 Å². The highest BCUT2D eigenvalue weighted by atomic mass is 79.9. The summed E-state index contributed by atoms with van der Waals surface area (Å²) in [6.45, 7) is 6.02. The van der Waals surface area contributed by atoms with Gasteiger partial charge in [0, 0.05) is 6.54 Å². The summed E-state index contributed by atoms with van der Waals surface area (Å²) in [5.41, 5.74) is 1.17. The molecule has 0 heterocycles. The fourth-order valence-electron chi connectivity index (χ4n) is 1.52. The number of hydrogen-bond donors (Lipinski definition) is 1. The third kappa shape index (κ3) is 6.07. The van der Waals surface area contributed by atoms with E-state index in [-0.39, 0.29) is 12.6 Å². The number of nitrogens with one attached hydrogen (secondary N) is 1. The van der Waals surface area contributed by atoms with Crippen molar-refractivity contribution >= 4 is 21.9 Å². The molecule has 0 spiro atoms. The fraction of sp³-hybridized carbons (Fsp3) is 0.500. The Balaban J connectivity index is 2.49. The van der Waals surface area contributed by atoms with Crippen LogP contribution in [0.15, 0.2) is 22.7 Å². The third-order valence-corrected chi connectivity index (χ3v) is 3.02. The molecule has 0 atom stereocenters. The number of carbonyl (C=O) groups excluding carboxylic acids is 1. The zero-order chi connectivity index (χ0) is 14.1. The van der Waals surface area contributed by atoms with Crippen molar-refractivity contribution in [2.24, 2.45) is 0 Å². The van der Waals surface area contributed by atoms with E-state index in [9.17, 15) is 4.79 Å². The van der Waals surface area contributed by atoms with Crippen molar-refractivity contribution in [2.45, 2.75) is 26.8 Å². The van der Waals surface area contributed by atoms with E-state index in [0.29, 0.717) is 12.4 Å². The normalized spacial score (nSPS) is 10.3. The molecule has 0 unspecified atom stereocenters. The topological polar surface area (TPSA) is 47.6 Å². The smallest absolute Gasteiger partial charge is 0.344 e. The molecule has 0 amide bonds. The predicted molar refractivity (Wildman–Crippen MR) is 78.3 cm³/mol. The average Bonchev–Trinajstić information content (AvgIpc) is 2.38. The number of ether oxygens (including phenoxy) is 2. The lowest BCUT2D eigenvalue weighted by Gasteiger charge is -2.09. The van der Waals surface area contributed by atoms with Gasteiger partial charge in [0.2, 0.25) is 0 Å². The van der Waals surface area contributed by atoms with Gasteiger partial charge in [0.15, 0.2) is 6.61 Å². The van der Waals surface area contributed by atoms with E-state index < -0.39 is 0 Å². The van der Waals surface area contributed by atoms with Gasteiger partial charge in [-0.15, -0.1) is 0 Å². The van der Waals surface area contributed by atoms with E-state index >= 15 is 0 Å². The van der Waals surface area contributed by atoms with Crippen molar-refractivity contribution in [2.75, 3.05) is 19.8 Å². The molecular formula is C14H20BrNO3. The molecule has 1 aromatic rings. The summed E-state index contributed by atoms with van der Waals surface area (Å²) in [5.74, 6) is 0.287. The van der Waals surface area contributed by atoms with E-state index in [1.165, 1.54) is 5.56 Å². The van der Waals surface area contributed by atoms with Gasteiger partial charge in [-0.1, -0.05) is 13.0 Å². The Kier molecular flexibility index (Phi) is 7.52. The SMILES string of the molecule is CCCNCc1ccc(OCC(=O)OCC)c(Br)c1. The van der Waals surface area contributed by atoms with Crippen LogP contribution < -0.4 is 10.1 Å².